The maximum Gasteiger partial charge on any atom is 0.262 e. The summed E-state index contributed by atoms with van der Waals surface area (Å²) in [5, 5.41) is 2.72. The van der Waals surface area contributed by atoms with Gasteiger partial charge in [-0.25, -0.2) is 8.42 Å². The van der Waals surface area contributed by atoms with Crippen LogP contribution in [-0.2, 0) is 10.0 Å². The molecule has 0 saturated carbocycles. The summed E-state index contributed by atoms with van der Waals surface area (Å²) < 4.78 is 33.1. The zero-order chi connectivity index (χ0) is 20.0. The zero-order valence-corrected chi connectivity index (χ0v) is 16.5. The molecule has 1 aliphatic heterocycles. The van der Waals surface area contributed by atoms with Gasteiger partial charge in [0.1, 0.15) is 11.6 Å². The number of sulfonamides is 1. The third kappa shape index (κ3) is 5.10. The summed E-state index contributed by atoms with van der Waals surface area (Å²) in [5.74, 6) is 0.704. The molecular formula is C20H23N3O4S. The molecule has 1 aliphatic rings. The van der Waals surface area contributed by atoms with E-state index in [0.717, 1.165) is 19.3 Å². The smallest absolute Gasteiger partial charge is 0.262 e. The van der Waals surface area contributed by atoms with Gasteiger partial charge in [0.2, 0.25) is 0 Å². The number of benzene rings is 2. The van der Waals surface area contributed by atoms with E-state index in [2.05, 4.69) is 15.0 Å². The lowest BCUT2D eigenvalue weighted by Gasteiger charge is -2.11. The number of anilines is 1. The molecule has 0 aliphatic carbocycles. The summed E-state index contributed by atoms with van der Waals surface area (Å²) in [6.07, 6.45) is 3.54. The van der Waals surface area contributed by atoms with E-state index in [4.69, 9.17) is 4.74 Å². The van der Waals surface area contributed by atoms with Crippen molar-refractivity contribution in [2.75, 3.05) is 19.0 Å². The number of hydrogen-bond donors (Lipinski definition) is 2. The fourth-order valence-corrected chi connectivity index (χ4v) is 4.01. The van der Waals surface area contributed by atoms with Crippen molar-refractivity contribution in [3.8, 4) is 5.75 Å². The Labute approximate surface area is 164 Å². The molecule has 3 rings (SSSR count). The number of carbonyl (C=O) groups excluding carboxylic acids is 1. The van der Waals surface area contributed by atoms with Crippen LogP contribution in [0.15, 0.2) is 58.4 Å². The molecule has 1 heterocycles. The van der Waals surface area contributed by atoms with E-state index in [0.29, 0.717) is 35.8 Å². The highest BCUT2D eigenvalue weighted by Gasteiger charge is 2.18. The molecule has 2 N–H and O–H groups in total. The summed E-state index contributed by atoms with van der Waals surface area (Å²) in [6, 6.07) is 12.9. The number of methoxy groups -OCH3 is 1. The van der Waals surface area contributed by atoms with Crippen LogP contribution in [0.3, 0.4) is 0 Å². The number of ether oxygens (including phenoxy) is 1. The molecule has 7 nitrogen and oxygen atoms in total. The number of amides is 1. The largest absolute Gasteiger partial charge is 0.497 e. The second-order valence-electron chi connectivity index (χ2n) is 6.46. The van der Waals surface area contributed by atoms with Crippen molar-refractivity contribution in [1.82, 2.24) is 4.72 Å². The highest BCUT2D eigenvalue weighted by atomic mass is 32.2. The quantitative estimate of drug-likeness (QED) is 0.804. The predicted octanol–water partition coefficient (Wildman–Crippen LogP) is 3.20. The average Bonchev–Trinajstić information content (AvgIpc) is 2.96. The molecule has 0 bridgehead atoms. The lowest BCUT2D eigenvalue weighted by Crippen LogP contribution is -2.30. The van der Waals surface area contributed by atoms with Crippen LogP contribution >= 0.6 is 0 Å². The van der Waals surface area contributed by atoms with Crippen molar-refractivity contribution in [1.29, 1.82) is 0 Å². The molecule has 28 heavy (non-hydrogen) atoms. The zero-order valence-electron chi connectivity index (χ0n) is 15.6. The summed E-state index contributed by atoms with van der Waals surface area (Å²) in [6.45, 7) is 0.633. The van der Waals surface area contributed by atoms with E-state index in [9.17, 15) is 13.2 Å². The Hall–Kier alpha value is -2.87. The minimum atomic E-state index is -3.76. The van der Waals surface area contributed by atoms with E-state index in [-0.39, 0.29) is 10.8 Å². The Bertz CT molecular complexity index is 986. The molecule has 148 valence electrons. The lowest BCUT2D eigenvalue weighted by atomic mass is 10.2. The van der Waals surface area contributed by atoms with Crippen LogP contribution in [-0.4, -0.2) is 33.8 Å². The minimum Gasteiger partial charge on any atom is -0.497 e. The highest BCUT2D eigenvalue weighted by molar-refractivity contribution is 7.90. The topological polar surface area (TPSA) is 96.9 Å². The first kappa shape index (κ1) is 19.9. The van der Waals surface area contributed by atoms with Gasteiger partial charge >= 0.3 is 0 Å². The van der Waals surface area contributed by atoms with Crippen molar-refractivity contribution in [3.63, 3.8) is 0 Å². The first-order valence-corrected chi connectivity index (χ1v) is 10.6. The highest BCUT2D eigenvalue weighted by Crippen LogP contribution is 2.19. The van der Waals surface area contributed by atoms with Gasteiger partial charge in [-0.3, -0.25) is 14.5 Å². The van der Waals surface area contributed by atoms with E-state index in [1.807, 2.05) is 0 Å². The van der Waals surface area contributed by atoms with E-state index in [1.54, 1.807) is 36.4 Å². The number of rotatable bonds is 5. The van der Waals surface area contributed by atoms with E-state index < -0.39 is 10.0 Å². The van der Waals surface area contributed by atoms with Crippen molar-refractivity contribution < 1.29 is 17.9 Å². The molecule has 2 aromatic rings. The number of nitrogens with one attached hydrogen (secondary N) is 2. The van der Waals surface area contributed by atoms with Gasteiger partial charge in [0.15, 0.2) is 0 Å². The van der Waals surface area contributed by atoms with E-state index in [1.165, 1.54) is 19.2 Å². The molecule has 0 radical (unpaired) electrons. The first-order valence-electron chi connectivity index (χ1n) is 9.09. The van der Waals surface area contributed by atoms with Gasteiger partial charge in [0, 0.05) is 24.2 Å². The van der Waals surface area contributed by atoms with Gasteiger partial charge in [0.05, 0.1) is 12.0 Å². The summed E-state index contributed by atoms with van der Waals surface area (Å²) in [4.78, 5) is 16.8. The Morgan fingerprint density at radius 1 is 1.07 bits per heavy atom. The van der Waals surface area contributed by atoms with Gasteiger partial charge in [-0.1, -0.05) is 18.6 Å². The van der Waals surface area contributed by atoms with Crippen LogP contribution in [0.4, 0.5) is 5.69 Å². The van der Waals surface area contributed by atoms with Crippen LogP contribution in [0, 0.1) is 0 Å². The van der Waals surface area contributed by atoms with Crippen molar-refractivity contribution >= 4 is 27.5 Å². The van der Waals surface area contributed by atoms with Crippen LogP contribution < -0.4 is 14.8 Å². The second-order valence-corrected chi connectivity index (χ2v) is 8.14. The maximum atomic E-state index is 12.7. The monoisotopic (exact) mass is 401 g/mol. The fraction of sp³-hybridized carbons (Fsp3) is 0.300. The van der Waals surface area contributed by atoms with Crippen molar-refractivity contribution in [3.05, 3.63) is 54.1 Å². The normalized spacial score (nSPS) is 14.5. The summed E-state index contributed by atoms with van der Waals surface area (Å²) >= 11 is 0. The van der Waals surface area contributed by atoms with Gasteiger partial charge in [0.25, 0.3) is 15.9 Å². The third-order valence-corrected chi connectivity index (χ3v) is 5.74. The Morgan fingerprint density at radius 3 is 2.71 bits per heavy atom. The first-order chi connectivity index (χ1) is 13.5. The standard InChI is InChI=1S/C20H23N3O4S/c1-27-17-9-5-7-15(13-17)20(24)22-16-8-6-10-18(14-16)28(25,26)23-19-11-3-2-4-12-21-19/h5-10,13-14H,2-4,11-12H2,1H3,(H,21,23)(H,22,24). The molecular weight excluding hydrogens is 378 g/mol. The SMILES string of the molecule is COc1cccc(C(=O)Nc2cccc(S(=O)(=O)NC3=NCCCCC3)c2)c1. The summed E-state index contributed by atoms with van der Waals surface area (Å²) in [7, 11) is -2.24. The molecule has 0 aromatic heterocycles. The van der Waals surface area contributed by atoms with Gasteiger partial charge in [-0.05, 0) is 49.2 Å². The minimum absolute atomic E-state index is 0.0721. The number of aliphatic imine (C=N–C) groups is 1. The van der Waals surface area contributed by atoms with Crippen LogP contribution in [0.25, 0.3) is 0 Å². The Balaban J connectivity index is 1.75. The molecule has 0 saturated heterocycles. The van der Waals surface area contributed by atoms with Crippen LogP contribution in [0.5, 0.6) is 5.75 Å². The average molecular weight is 401 g/mol. The Kier molecular flexibility index (Phi) is 6.30. The third-order valence-electron chi connectivity index (χ3n) is 4.36. The number of hydrogen-bond acceptors (Lipinski definition) is 5. The number of nitrogens with zero attached hydrogens (tertiary/aromatic N) is 1. The molecule has 0 atom stereocenters. The van der Waals surface area contributed by atoms with Crippen molar-refractivity contribution in [2.45, 2.75) is 30.6 Å². The second kappa shape index (κ2) is 8.88. The fourth-order valence-electron chi connectivity index (χ4n) is 2.88. The lowest BCUT2D eigenvalue weighted by molar-refractivity contribution is 0.102. The van der Waals surface area contributed by atoms with Crippen LogP contribution in [0.1, 0.15) is 36.0 Å². The molecule has 1 amide bonds. The number of amidine groups is 1. The molecule has 0 fully saturated rings. The van der Waals surface area contributed by atoms with Gasteiger partial charge < -0.3 is 10.1 Å². The Morgan fingerprint density at radius 2 is 1.89 bits per heavy atom. The van der Waals surface area contributed by atoms with Crippen LogP contribution in [0.2, 0.25) is 0 Å². The molecule has 0 unspecified atom stereocenters. The molecule has 2 aromatic carbocycles. The molecule has 8 heteroatoms. The number of carbonyl (C=O) groups is 1. The van der Waals surface area contributed by atoms with Crippen molar-refractivity contribution in [2.24, 2.45) is 4.99 Å². The van der Waals surface area contributed by atoms with E-state index >= 15 is 0 Å². The predicted molar refractivity (Wildman–Crippen MR) is 108 cm³/mol. The van der Waals surface area contributed by atoms with Gasteiger partial charge in [-0.2, -0.15) is 0 Å². The summed E-state index contributed by atoms with van der Waals surface area (Å²) in [5.41, 5.74) is 0.803. The van der Waals surface area contributed by atoms with Gasteiger partial charge in [-0.15, -0.1) is 0 Å². The maximum absolute atomic E-state index is 12.7. The molecule has 0 spiro atoms.